The number of nitrogens with one attached hydrogen (secondary N) is 1. The van der Waals surface area contributed by atoms with Crippen LogP contribution in [0.1, 0.15) is 25.0 Å². The normalized spacial score (nSPS) is 17.9. The number of carbonyl (C=O) groups is 1. The summed E-state index contributed by atoms with van der Waals surface area (Å²) in [5.74, 6) is 0.0683. The van der Waals surface area contributed by atoms with Crippen LogP contribution in [-0.2, 0) is 10.2 Å². The lowest BCUT2D eigenvalue weighted by Crippen LogP contribution is -2.26. The molecule has 0 saturated heterocycles. The van der Waals surface area contributed by atoms with Gasteiger partial charge in [0.2, 0.25) is 5.91 Å². The Kier molecular flexibility index (Phi) is 1.96. The number of carbonyl (C=O) groups excluding carboxylic acids is 1. The average Bonchev–Trinajstić information content (AvgIpc) is 2.33. The van der Waals surface area contributed by atoms with E-state index in [1.54, 1.807) is 0 Å². The van der Waals surface area contributed by atoms with Gasteiger partial charge in [-0.2, -0.15) is 0 Å². The van der Waals surface area contributed by atoms with Crippen molar-refractivity contribution in [2.24, 2.45) is 0 Å². The molecule has 0 atom stereocenters. The smallest absolute Gasteiger partial charge is 0.234 e. The van der Waals surface area contributed by atoms with Crippen molar-refractivity contribution in [3.8, 4) is 0 Å². The van der Waals surface area contributed by atoms with Crippen LogP contribution >= 0.6 is 15.9 Å². The molecule has 0 aliphatic carbocycles. The summed E-state index contributed by atoms with van der Waals surface area (Å²) in [5, 5.41) is 2.91. The van der Waals surface area contributed by atoms with Crippen LogP contribution < -0.4 is 5.32 Å². The third-order valence-electron chi connectivity index (χ3n) is 2.81. The Balaban J connectivity index is 2.70. The van der Waals surface area contributed by atoms with E-state index in [-0.39, 0.29) is 5.91 Å². The lowest BCUT2D eigenvalue weighted by atomic mass is 9.86. The molecular weight excluding hydrogens is 242 g/mol. The largest absolute Gasteiger partial charge is 0.324 e. The van der Waals surface area contributed by atoms with Gasteiger partial charge in [-0.1, -0.05) is 12.1 Å². The van der Waals surface area contributed by atoms with Gasteiger partial charge in [0.15, 0.2) is 0 Å². The molecule has 14 heavy (non-hydrogen) atoms. The quantitative estimate of drug-likeness (QED) is 0.757. The van der Waals surface area contributed by atoms with Crippen molar-refractivity contribution in [1.82, 2.24) is 0 Å². The number of amides is 1. The second-order valence-corrected chi connectivity index (χ2v) is 4.99. The average molecular weight is 254 g/mol. The van der Waals surface area contributed by atoms with Gasteiger partial charge in [0.05, 0.1) is 11.1 Å². The summed E-state index contributed by atoms with van der Waals surface area (Å²) in [6.45, 7) is 5.90. The van der Waals surface area contributed by atoms with Gasteiger partial charge in [-0.05, 0) is 47.8 Å². The van der Waals surface area contributed by atoms with E-state index in [1.165, 1.54) is 0 Å². The summed E-state index contributed by atoms with van der Waals surface area (Å²) < 4.78 is 0.994. The Hall–Kier alpha value is -0.830. The van der Waals surface area contributed by atoms with Gasteiger partial charge in [0, 0.05) is 4.47 Å². The van der Waals surface area contributed by atoms with Crippen LogP contribution in [0.3, 0.4) is 0 Å². The lowest BCUT2D eigenvalue weighted by Gasteiger charge is -2.15. The number of anilines is 1. The lowest BCUT2D eigenvalue weighted by molar-refractivity contribution is -0.119. The SMILES string of the molecule is Cc1ccc2c(c1Br)NC(=O)C2(C)C. The molecule has 0 radical (unpaired) electrons. The van der Waals surface area contributed by atoms with E-state index >= 15 is 0 Å². The summed E-state index contributed by atoms with van der Waals surface area (Å²) in [5.41, 5.74) is 2.73. The summed E-state index contributed by atoms with van der Waals surface area (Å²) in [4.78, 5) is 11.7. The zero-order chi connectivity index (χ0) is 10.5. The predicted molar refractivity (Wildman–Crippen MR) is 60.5 cm³/mol. The van der Waals surface area contributed by atoms with E-state index in [2.05, 4.69) is 21.2 Å². The van der Waals surface area contributed by atoms with E-state index in [0.29, 0.717) is 0 Å². The van der Waals surface area contributed by atoms with E-state index in [9.17, 15) is 4.79 Å². The van der Waals surface area contributed by atoms with Crippen LogP contribution in [0.4, 0.5) is 5.69 Å². The number of fused-ring (bicyclic) bond motifs is 1. The fraction of sp³-hybridized carbons (Fsp3) is 0.364. The second-order valence-electron chi connectivity index (χ2n) is 4.20. The zero-order valence-electron chi connectivity index (χ0n) is 8.44. The molecule has 1 heterocycles. The summed E-state index contributed by atoms with van der Waals surface area (Å²) in [6, 6.07) is 4.05. The first-order chi connectivity index (χ1) is 6.44. The fourth-order valence-electron chi connectivity index (χ4n) is 1.72. The Bertz CT molecular complexity index is 424. The van der Waals surface area contributed by atoms with Crippen LogP contribution in [0.2, 0.25) is 0 Å². The van der Waals surface area contributed by atoms with Gasteiger partial charge in [-0.15, -0.1) is 0 Å². The van der Waals surface area contributed by atoms with E-state index in [0.717, 1.165) is 21.3 Å². The van der Waals surface area contributed by atoms with Crippen molar-refractivity contribution in [1.29, 1.82) is 0 Å². The summed E-state index contributed by atoms with van der Waals surface area (Å²) in [6.07, 6.45) is 0. The molecule has 0 fully saturated rings. The number of aryl methyl sites for hydroxylation is 1. The molecule has 1 aliphatic rings. The van der Waals surface area contributed by atoms with E-state index in [1.807, 2.05) is 32.9 Å². The molecular formula is C11H12BrNO. The summed E-state index contributed by atoms with van der Waals surface area (Å²) in [7, 11) is 0. The zero-order valence-corrected chi connectivity index (χ0v) is 10.0. The van der Waals surface area contributed by atoms with E-state index < -0.39 is 5.41 Å². The monoisotopic (exact) mass is 253 g/mol. The highest BCUT2D eigenvalue weighted by Crippen LogP contribution is 2.42. The molecule has 1 aliphatic heterocycles. The molecule has 0 spiro atoms. The molecule has 1 aromatic carbocycles. The number of hydrogen-bond donors (Lipinski definition) is 1. The maximum atomic E-state index is 11.7. The van der Waals surface area contributed by atoms with Gasteiger partial charge in [0.1, 0.15) is 0 Å². The maximum Gasteiger partial charge on any atom is 0.234 e. The van der Waals surface area contributed by atoms with Crippen LogP contribution in [-0.4, -0.2) is 5.91 Å². The molecule has 0 aromatic heterocycles. The molecule has 74 valence electrons. The molecule has 3 heteroatoms. The maximum absolute atomic E-state index is 11.7. The van der Waals surface area contributed by atoms with Gasteiger partial charge < -0.3 is 5.32 Å². The number of benzene rings is 1. The highest BCUT2D eigenvalue weighted by atomic mass is 79.9. The minimum absolute atomic E-state index is 0.0683. The molecule has 2 nitrogen and oxygen atoms in total. The predicted octanol–water partition coefficient (Wildman–Crippen LogP) is 2.99. The van der Waals surface area contributed by atoms with Crippen molar-refractivity contribution in [3.63, 3.8) is 0 Å². The van der Waals surface area contributed by atoms with Crippen molar-refractivity contribution < 1.29 is 4.79 Å². The molecule has 1 N–H and O–H groups in total. The Labute approximate surface area is 91.8 Å². The van der Waals surface area contributed by atoms with E-state index in [4.69, 9.17) is 0 Å². The molecule has 0 bridgehead atoms. The topological polar surface area (TPSA) is 29.1 Å². The van der Waals surface area contributed by atoms with Gasteiger partial charge >= 0.3 is 0 Å². The molecule has 1 amide bonds. The first-order valence-electron chi connectivity index (χ1n) is 4.55. The van der Waals surface area contributed by atoms with Crippen LogP contribution in [0.25, 0.3) is 0 Å². The van der Waals surface area contributed by atoms with Crippen LogP contribution in [0, 0.1) is 6.92 Å². The third kappa shape index (κ3) is 1.12. The van der Waals surface area contributed by atoms with Crippen molar-refractivity contribution in [2.45, 2.75) is 26.2 Å². The Morgan fingerprint density at radius 1 is 1.36 bits per heavy atom. The minimum atomic E-state index is -0.411. The number of rotatable bonds is 0. The molecule has 2 rings (SSSR count). The Morgan fingerprint density at radius 3 is 2.64 bits per heavy atom. The van der Waals surface area contributed by atoms with Crippen molar-refractivity contribution >= 4 is 27.5 Å². The van der Waals surface area contributed by atoms with Crippen molar-refractivity contribution in [3.05, 3.63) is 27.7 Å². The minimum Gasteiger partial charge on any atom is -0.324 e. The number of hydrogen-bond acceptors (Lipinski definition) is 1. The van der Waals surface area contributed by atoms with Crippen LogP contribution in [0.5, 0.6) is 0 Å². The first kappa shape index (κ1) is 9.71. The highest BCUT2D eigenvalue weighted by molar-refractivity contribution is 9.10. The molecule has 1 aromatic rings. The standard InChI is InChI=1S/C11H12BrNO/c1-6-4-5-7-9(8(6)12)13-10(14)11(7,2)3/h4-5H,1-3H3,(H,13,14). The molecule has 0 unspecified atom stereocenters. The second kappa shape index (κ2) is 2.83. The molecule has 0 saturated carbocycles. The van der Waals surface area contributed by atoms with Gasteiger partial charge in [-0.3, -0.25) is 4.79 Å². The fourth-order valence-corrected chi connectivity index (χ4v) is 2.16. The summed E-state index contributed by atoms with van der Waals surface area (Å²) >= 11 is 3.50. The van der Waals surface area contributed by atoms with Crippen molar-refractivity contribution in [2.75, 3.05) is 5.32 Å². The van der Waals surface area contributed by atoms with Crippen LogP contribution in [0.15, 0.2) is 16.6 Å². The number of halogens is 1. The van der Waals surface area contributed by atoms with Gasteiger partial charge in [-0.25, -0.2) is 0 Å². The highest BCUT2D eigenvalue weighted by Gasteiger charge is 2.39. The first-order valence-corrected chi connectivity index (χ1v) is 5.35. The Morgan fingerprint density at radius 2 is 2.00 bits per heavy atom. The van der Waals surface area contributed by atoms with Gasteiger partial charge in [0.25, 0.3) is 0 Å². The third-order valence-corrected chi connectivity index (χ3v) is 3.84.